The Balaban J connectivity index is 1.17. The fraction of sp³-hybridized carbons (Fsp3) is 0.344. The maximum Gasteiger partial charge on any atom is 0.407 e. The molecule has 1 atom stereocenters. The molecule has 208 valence electrons. The highest BCUT2D eigenvalue weighted by atomic mass is 16.5. The number of aliphatic carboxylic acids is 1. The second-order valence-electron chi connectivity index (χ2n) is 10.6. The molecule has 5 rings (SSSR count). The van der Waals surface area contributed by atoms with E-state index in [1.54, 1.807) is 11.9 Å². The molecule has 1 unspecified atom stereocenters. The summed E-state index contributed by atoms with van der Waals surface area (Å²) in [6.45, 7) is 2.61. The lowest BCUT2D eigenvalue weighted by atomic mass is 9.98. The topological polar surface area (TPSA) is 99.2 Å². The van der Waals surface area contributed by atoms with Gasteiger partial charge in [0.25, 0.3) is 0 Å². The van der Waals surface area contributed by atoms with Gasteiger partial charge >= 0.3 is 12.1 Å². The molecule has 1 fully saturated rings. The Labute approximate surface area is 234 Å². The quantitative estimate of drug-likeness (QED) is 0.414. The van der Waals surface area contributed by atoms with Gasteiger partial charge in [-0.1, -0.05) is 78.9 Å². The summed E-state index contributed by atoms with van der Waals surface area (Å²) in [5.41, 5.74) is 5.63. The number of carboxylic acid groups (broad SMARTS) is 1. The van der Waals surface area contributed by atoms with Gasteiger partial charge in [0.1, 0.15) is 12.6 Å². The number of carbonyl (C=O) groups excluding carboxylic acids is 2. The van der Waals surface area contributed by atoms with Crippen molar-refractivity contribution in [2.75, 3.05) is 26.7 Å². The first-order valence-electron chi connectivity index (χ1n) is 13.8. The Bertz CT molecular complexity index is 1310. The number of nitrogens with one attached hydrogen (secondary N) is 1. The number of piperidine rings is 1. The number of hydrogen-bond acceptors (Lipinski definition) is 5. The SMILES string of the molecule is CN(C(=O)C(CC(=O)O)NC(=O)OCC1c2ccccc2-c2ccccc21)C1CCN(Cc2ccccc2)CC1. The van der Waals surface area contributed by atoms with Crippen LogP contribution < -0.4 is 5.32 Å². The average molecular weight is 542 g/mol. The summed E-state index contributed by atoms with van der Waals surface area (Å²) >= 11 is 0. The molecule has 40 heavy (non-hydrogen) atoms. The molecule has 0 aromatic heterocycles. The van der Waals surface area contributed by atoms with Crippen molar-refractivity contribution in [2.45, 2.75) is 43.8 Å². The van der Waals surface area contributed by atoms with Gasteiger partial charge in [-0.3, -0.25) is 14.5 Å². The summed E-state index contributed by atoms with van der Waals surface area (Å²) in [4.78, 5) is 41.7. The molecule has 2 aliphatic rings. The molecule has 0 bridgehead atoms. The van der Waals surface area contributed by atoms with Gasteiger partial charge in [0, 0.05) is 38.6 Å². The van der Waals surface area contributed by atoms with Gasteiger partial charge < -0.3 is 20.1 Å². The third-order valence-electron chi connectivity index (χ3n) is 8.01. The Hall–Kier alpha value is -4.17. The van der Waals surface area contributed by atoms with Crippen LogP contribution >= 0.6 is 0 Å². The van der Waals surface area contributed by atoms with E-state index >= 15 is 0 Å². The lowest BCUT2D eigenvalue weighted by Crippen LogP contribution is -2.53. The molecular weight excluding hydrogens is 506 g/mol. The first-order chi connectivity index (χ1) is 19.4. The van der Waals surface area contributed by atoms with Crippen molar-refractivity contribution in [1.82, 2.24) is 15.1 Å². The zero-order chi connectivity index (χ0) is 28.1. The minimum atomic E-state index is -1.21. The number of carboxylic acids is 1. The molecule has 8 heteroatoms. The number of nitrogens with zero attached hydrogens (tertiary/aromatic N) is 2. The fourth-order valence-corrected chi connectivity index (χ4v) is 5.89. The van der Waals surface area contributed by atoms with Crippen LogP contribution in [0.5, 0.6) is 0 Å². The summed E-state index contributed by atoms with van der Waals surface area (Å²) in [6.07, 6.45) is 0.243. The maximum atomic E-state index is 13.4. The third kappa shape index (κ3) is 6.18. The van der Waals surface area contributed by atoms with E-state index in [1.807, 2.05) is 54.6 Å². The average Bonchev–Trinajstić information content (AvgIpc) is 3.29. The molecule has 0 saturated carbocycles. The van der Waals surface area contributed by atoms with Crippen molar-refractivity contribution in [3.8, 4) is 11.1 Å². The Morgan fingerprint density at radius 1 is 0.925 bits per heavy atom. The minimum absolute atomic E-state index is 0.0277. The number of carbonyl (C=O) groups is 3. The molecule has 0 radical (unpaired) electrons. The highest BCUT2D eigenvalue weighted by Gasteiger charge is 2.33. The molecular formula is C32H35N3O5. The molecule has 1 saturated heterocycles. The van der Waals surface area contributed by atoms with E-state index in [1.165, 1.54) is 5.56 Å². The summed E-state index contributed by atoms with van der Waals surface area (Å²) in [6, 6.07) is 25.1. The van der Waals surface area contributed by atoms with Gasteiger partial charge in [-0.2, -0.15) is 0 Å². The van der Waals surface area contributed by atoms with Crippen molar-refractivity contribution in [1.29, 1.82) is 0 Å². The zero-order valence-electron chi connectivity index (χ0n) is 22.7. The smallest absolute Gasteiger partial charge is 0.407 e. The van der Waals surface area contributed by atoms with Crippen LogP contribution in [0.15, 0.2) is 78.9 Å². The van der Waals surface area contributed by atoms with E-state index in [4.69, 9.17) is 4.74 Å². The van der Waals surface area contributed by atoms with Crippen LogP contribution in [0.3, 0.4) is 0 Å². The fourth-order valence-electron chi connectivity index (χ4n) is 5.89. The number of hydrogen-bond donors (Lipinski definition) is 2. The van der Waals surface area contributed by atoms with E-state index in [-0.39, 0.29) is 18.6 Å². The van der Waals surface area contributed by atoms with Crippen LogP contribution in [0.2, 0.25) is 0 Å². The number of rotatable bonds is 9. The number of benzene rings is 3. The molecule has 2 amide bonds. The largest absolute Gasteiger partial charge is 0.481 e. The predicted octanol–water partition coefficient (Wildman–Crippen LogP) is 4.49. The normalized spacial score (nSPS) is 16.0. The van der Waals surface area contributed by atoms with Crippen LogP contribution in [0.25, 0.3) is 11.1 Å². The molecule has 1 aliphatic carbocycles. The van der Waals surface area contributed by atoms with E-state index < -0.39 is 30.4 Å². The number of likely N-dealkylation sites (N-methyl/N-ethyl adjacent to an activating group) is 1. The maximum absolute atomic E-state index is 13.4. The summed E-state index contributed by atoms with van der Waals surface area (Å²) < 4.78 is 5.58. The van der Waals surface area contributed by atoms with Crippen LogP contribution in [-0.4, -0.2) is 71.7 Å². The zero-order valence-corrected chi connectivity index (χ0v) is 22.7. The summed E-state index contributed by atoms with van der Waals surface area (Å²) in [5, 5.41) is 12.0. The van der Waals surface area contributed by atoms with Crippen molar-refractivity contribution >= 4 is 18.0 Å². The minimum Gasteiger partial charge on any atom is -0.481 e. The van der Waals surface area contributed by atoms with Crippen molar-refractivity contribution in [3.63, 3.8) is 0 Å². The van der Waals surface area contributed by atoms with Crippen molar-refractivity contribution in [3.05, 3.63) is 95.6 Å². The van der Waals surface area contributed by atoms with Crippen LogP contribution in [0.4, 0.5) is 4.79 Å². The second-order valence-corrected chi connectivity index (χ2v) is 10.6. The van der Waals surface area contributed by atoms with Gasteiger partial charge in [0.2, 0.25) is 5.91 Å². The highest BCUT2D eigenvalue weighted by Crippen LogP contribution is 2.44. The lowest BCUT2D eigenvalue weighted by molar-refractivity contribution is -0.143. The van der Waals surface area contributed by atoms with E-state index in [2.05, 4.69) is 34.5 Å². The number of likely N-dealkylation sites (tertiary alicyclic amines) is 1. The van der Waals surface area contributed by atoms with E-state index in [9.17, 15) is 19.5 Å². The summed E-state index contributed by atoms with van der Waals surface area (Å²) in [5.74, 6) is -1.71. The third-order valence-corrected chi connectivity index (χ3v) is 8.01. The van der Waals surface area contributed by atoms with E-state index in [0.717, 1.165) is 54.7 Å². The molecule has 1 aliphatic heterocycles. The summed E-state index contributed by atoms with van der Waals surface area (Å²) in [7, 11) is 1.69. The first kappa shape index (κ1) is 27.4. The molecule has 8 nitrogen and oxygen atoms in total. The standard InChI is InChI=1S/C32H35N3O5/c1-34(23-15-17-35(18-16-23)20-22-9-3-2-4-10-22)31(38)29(19-30(36)37)33-32(39)40-21-28-26-13-7-5-11-24(26)25-12-6-8-14-27(25)28/h2-14,23,28-29H,15-21H2,1H3,(H,33,39)(H,36,37). The first-order valence-corrected chi connectivity index (χ1v) is 13.8. The van der Waals surface area contributed by atoms with Gasteiger partial charge in [0.15, 0.2) is 0 Å². The van der Waals surface area contributed by atoms with Crippen molar-refractivity contribution < 1.29 is 24.2 Å². The lowest BCUT2D eigenvalue weighted by Gasteiger charge is -2.38. The molecule has 3 aromatic rings. The number of fused-ring (bicyclic) bond motifs is 3. The highest BCUT2D eigenvalue weighted by molar-refractivity contribution is 5.89. The van der Waals surface area contributed by atoms with Gasteiger partial charge in [0.05, 0.1) is 6.42 Å². The van der Waals surface area contributed by atoms with Crippen LogP contribution in [0, 0.1) is 0 Å². The number of amides is 2. The Morgan fingerprint density at radius 3 is 2.10 bits per heavy atom. The van der Waals surface area contributed by atoms with E-state index in [0.29, 0.717) is 0 Å². The van der Waals surface area contributed by atoms with Gasteiger partial charge in [-0.15, -0.1) is 0 Å². The molecule has 1 heterocycles. The van der Waals surface area contributed by atoms with Gasteiger partial charge in [-0.05, 0) is 40.7 Å². The predicted molar refractivity (Wildman–Crippen MR) is 152 cm³/mol. The Morgan fingerprint density at radius 2 is 1.50 bits per heavy atom. The van der Waals surface area contributed by atoms with Crippen LogP contribution in [0.1, 0.15) is 41.9 Å². The molecule has 2 N–H and O–H groups in total. The van der Waals surface area contributed by atoms with Gasteiger partial charge in [-0.25, -0.2) is 4.79 Å². The molecule has 0 spiro atoms. The number of ether oxygens (including phenoxy) is 1. The monoisotopic (exact) mass is 541 g/mol. The Kier molecular flexibility index (Phi) is 8.45. The van der Waals surface area contributed by atoms with Crippen molar-refractivity contribution in [2.24, 2.45) is 0 Å². The number of alkyl carbamates (subject to hydrolysis) is 1. The second kappa shape index (κ2) is 12.3. The molecule has 3 aromatic carbocycles. The van der Waals surface area contributed by atoms with Crippen LogP contribution in [-0.2, 0) is 20.9 Å².